The summed E-state index contributed by atoms with van der Waals surface area (Å²) in [6.07, 6.45) is 1.24. The van der Waals surface area contributed by atoms with Gasteiger partial charge in [-0.3, -0.25) is 19.2 Å². The molecule has 0 fully saturated rings. The fourth-order valence-corrected chi connectivity index (χ4v) is 6.02. The zero-order chi connectivity index (χ0) is 34.8. The van der Waals surface area contributed by atoms with E-state index in [9.17, 15) is 19.2 Å². The molecule has 0 saturated heterocycles. The lowest BCUT2D eigenvalue weighted by Gasteiger charge is -2.30. The van der Waals surface area contributed by atoms with E-state index in [-0.39, 0.29) is 31.6 Å². The van der Waals surface area contributed by atoms with Gasteiger partial charge in [-0.05, 0) is 51.2 Å². The molecule has 9 nitrogen and oxygen atoms in total. The van der Waals surface area contributed by atoms with E-state index >= 15 is 0 Å². The first-order valence-corrected chi connectivity index (χ1v) is 16.6. The van der Waals surface area contributed by atoms with E-state index in [4.69, 9.17) is 11.5 Å². The van der Waals surface area contributed by atoms with Gasteiger partial charge in [0.1, 0.15) is 18.1 Å². The van der Waals surface area contributed by atoms with E-state index in [1.807, 2.05) is 115 Å². The quantitative estimate of drug-likeness (QED) is 0.134. The molecule has 0 aliphatic rings. The highest BCUT2D eigenvalue weighted by atomic mass is 16.2. The molecule has 0 unspecified atom stereocenters. The number of nitrogens with two attached hydrogens (primary N) is 2. The van der Waals surface area contributed by atoms with Crippen molar-refractivity contribution in [3.8, 4) is 0 Å². The molecule has 5 rings (SSSR count). The Balaban J connectivity index is 1.44. The largest absolute Gasteiger partial charge is 0.368 e. The van der Waals surface area contributed by atoms with Crippen LogP contribution < -0.4 is 22.1 Å². The summed E-state index contributed by atoms with van der Waals surface area (Å²) in [4.78, 5) is 55.4. The van der Waals surface area contributed by atoms with Gasteiger partial charge < -0.3 is 27.0 Å². The lowest BCUT2D eigenvalue weighted by atomic mass is 9.98. The van der Waals surface area contributed by atoms with Crippen molar-refractivity contribution in [3.63, 3.8) is 0 Å². The van der Waals surface area contributed by atoms with Gasteiger partial charge in [0, 0.05) is 32.7 Å². The number of primary amides is 1. The van der Waals surface area contributed by atoms with Crippen LogP contribution in [0.5, 0.6) is 0 Å². The lowest BCUT2D eigenvalue weighted by molar-refractivity contribution is -0.140. The van der Waals surface area contributed by atoms with Crippen LogP contribution in [0.1, 0.15) is 29.5 Å². The number of nitrogens with one attached hydrogen (secondary N) is 2. The van der Waals surface area contributed by atoms with Crippen molar-refractivity contribution in [2.45, 2.75) is 50.2 Å². The Hall–Kier alpha value is -5.54. The van der Waals surface area contributed by atoms with Crippen LogP contribution in [0.15, 0.2) is 115 Å². The normalized spacial score (nSPS) is 12.9. The fraction of sp³-hybridized carbons (Fsp3) is 0.250. The molecule has 4 amide bonds. The molecule has 0 spiro atoms. The molecule has 252 valence electrons. The topological polar surface area (TPSA) is 148 Å². The zero-order valence-corrected chi connectivity index (χ0v) is 27.7. The highest BCUT2D eigenvalue weighted by Crippen LogP contribution is 2.20. The molecule has 0 bridgehead atoms. The predicted molar refractivity (Wildman–Crippen MR) is 193 cm³/mol. The van der Waals surface area contributed by atoms with Crippen LogP contribution in [-0.4, -0.2) is 60.2 Å². The van der Waals surface area contributed by atoms with Crippen molar-refractivity contribution < 1.29 is 19.2 Å². The van der Waals surface area contributed by atoms with Gasteiger partial charge >= 0.3 is 0 Å². The number of benzene rings is 5. The third kappa shape index (κ3) is 9.30. The average Bonchev–Trinajstić information content (AvgIpc) is 3.12. The summed E-state index contributed by atoms with van der Waals surface area (Å²) in [5, 5.41) is 9.85. The van der Waals surface area contributed by atoms with Gasteiger partial charge in [-0.1, -0.05) is 115 Å². The van der Waals surface area contributed by atoms with Crippen molar-refractivity contribution in [2.75, 3.05) is 13.6 Å². The number of carbonyl (C=O) groups excluding carboxylic acids is 4. The van der Waals surface area contributed by atoms with Crippen LogP contribution in [0.3, 0.4) is 0 Å². The number of fused-ring (bicyclic) bond motifs is 2. The summed E-state index contributed by atoms with van der Waals surface area (Å²) in [7, 11) is 1.60. The number of likely N-dealkylation sites (N-methyl/N-ethyl adjacent to an activating group) is 1. The van der Waals surface area contributed by atoms with Gasteiger partial charge in [-0.2, -0.15) is 0 Å². The van der Waals surface area contributed by atoms with Crippen LogP contribution in [-0.2, 0) is 38.4 Å². The minimum atomic E-state index is -1.07. The number of hydrogen-bond acceptors (Lipinski definition) is 5. The maximum Gasteiger partial charge on any atom is 0.243 e. The molecule has 5 aromatic rings. The summed E-state index contributed by atoms with van der Waals surface area (Å²) in [6.45, 7) is 0.346. The number of hydrogen-bond donors (Lipinski definition) is 4. The maximum absolute atomic E-state index is 14.3. The van der Waals surface area contributed by atoms with Crippen molar-refractivity contribution in [1.82, 2.24) is 15.5 Å². The van der Waals surface area contributed by atoms with E-state index < -0.39 is 35.8 Å². The second-order valence-corrected chi connectivity index (χ2v) is 12.4. The van der Waals surface area contributed by atoms with Crippen LogP contribution >= 0.6 is 0 Å². The van der Waals surface area contributed by atoms with Gasteiger partial charge in [0.15, 0.2) is 0 Å². The molecule has 3 atom stereocenters. The fourth-order valence-electron chi connectivity index (χ4n) is 6.02. The van der Waals surface area contributed by atoms with Crippen molar-refractivity contribution >= 4 is 45.2 Å². The summed E-state index contributed by atoms with van der Waals surface area (Å²) in [5.74, 6) is -1.95. The highest BCUT2D eigenvalue weighted by molar-refractivity contribution is 5.95. The molecular formula is C40H43N5O4. The molecule has 0 radical (unpaired) electrons. The second-order valence-electron chi connectivity index (χ2n) is 12.4. The Morgan fingerprint density at radius 3 is 1.69 bits per heavy atom. The standard InChI is InChI=1S/C40H43N5O4/c1-45(37(46)16-9-21-41)36(26-29-18-20-31-13-6-8-15-33(31)23-29)40(49)44-35(25-28-17-19-30-12-5-7-14-32(30)22-28)39(48)43-34(38(42)47)24-27-10-3-2-4-11-27/h2-8,10-15,17-20,22-23,34-36H,9,16,21,24-26,41H2,1H3,(H2,42,47)(H,43,48)(H,44,49)/t34-,35+,36+/m0/s1. The van der Waals surface area contributed by atoms with E-state index in [2.05, 4.69) is 10.6 Å². The van der Waals surface area contributed by atoms with Gasteiger partial charge in [-0.15, -0.1) is 0 Å². The Morgan fingerprint density at radius 1 is 0.612 bits per heavy atom. The van der Waals surface area contributed by atoms with Gasteiger partial charge in [0.05, 0.1) is 0 Å². The Labute approximate surface area is 286 Å². The molecule has 49 heavy (non-hydrogen) atoms. The van der Waals surface area contributed by atoms with Crippen LogP contribution in [0.25, 0.3) is 21.5 Å². The summed E-state index contributed by atoms with van der Waals surface area (Å²) in [5.41, 5.74) is 13.9. The Morgan fingerprint density at radius 2 is 1.12 bits per heavy atom. The lowest BCUT2D eigenvalue weighted by Crippen LogP contribution is -2.58. The molecule has 0 aliphatic carbocycles. The molecule has 0 aliphatic heterocycles. The third-order valence-corrected chi connectivity index (χ3v) is 8.83. The van der Waals surface area contributed by atoms with Gasteiger partial charge in [0.25, 0.3) is 0 Å². The molecule has 9 heteroatoms. The predicted octanol–water partition coefficient (Wildman–Crippen LogP) is 4.04. The first-order chi connectivity index (χ1) is 23.7. The smallest absolute Gasteiger partial charge is 0.243 e. The number of rotatable bonds is 15. The van der Waals surface area contributed by atoms with Crippen molar-refractivity contribution in [2.24, 2.45) is 11.5 Å². The number of carbonyl (C=O) groups is 4. The molecule has 0 aromatic heterocycles. The first-order valence-electron chi connectivity index (χ1n) is 16.6. The molecule has 0 heterocycles. The van der Waals surface area contributed by atoms with Gasteiger partial charge in [-0.25, -0.2) is 0 Å². The first kappa shape index (κ1) is 34.8. The van der Waals surface area contributed by atoms with E-state index in [0.717, 1.165) is 38.2 Å². The summed E-state index contributed by atoms with van der Waals surface area (Å²) >= 11 is 0. The van der Waals surface area contributed by atoms with E-state index in [1.54, 1.807) is 7.05 Å². The second kappa shape index (κ2) is 16.5. The number of nitrogens with zero attached hydrogens (tertiary/aromatic N) is 1. The average molecular weight is 658 g/mol. The molecule has 6 N–H and O–H groups in total. The zero-order valence-electron chi connectivity index (χ0n) is 27.7. The number of amides is 4. The third-order valence-electron chi connectivity index (χ3n) is 8.83. The van der Waals surface area contributed by atoms with Gasteiger partial charge in [0.2, 0.25) is 23.6 Å². The Kier molecular flexibility index (Phi) is 11.7. The monoisotopic (exact) mass is 657 g/mol. The summed E-state index contributed by atoms with van der Waals surface area (Å²) in [6, 6.07) is 33.9. The summed E-state index contributed by atoms with van der Waals surface area (Å²) < 4.78 is 0. The molecule has 0 saturated carbocycles. The van der Waals surface area contributed by atoms with Crippen LogP contribution in [0.4, 0.5) is 0 Å². The van der Waals surface area contributed by atoms with Crippen molar-refractivity contribution in [1.29, 1.82) is 0 Å². The molecule has 5 aromatic carbocycles. The van der Waals surface area contributed by atoms with E-state index in [1.165, 1.54) is 4.90 Å². The van der Waals surface area contributed by atoms with Crippen LogP contribution in [0, 0.1) is 0 Å². The minimum absolute atomic E-state index is 0.146. The molecular weight excluding hydrogens is 614 g/mol. The van der Waals surface area contributed by atoms with E-state index in [0.29, 0.717) is 13.0 Å². The maximum atomic E-state index is 14.3. The Bertz CT molecular complexity index is 1930. The van der Waals surface area contributed by atoms with Crippen LogP contribution in [0.2, 0.25) is 0 Å². The SMILES string of the molecule is CN(C(=O)CCCN)[C@H](Cc1ccc2ccccc2c1)C(=O)N[C@H](Cc1ccc2ccccc2c1)C(=O)N[C@@H](Cc1ccccc1)C(N)=O. The highest BCUT2D eigenvalue weighted by Gasteiger charge is 2.32. The minimum Gasteiger partial charge on any atom is -0.368 e. The van der Waals surface area contributed by atoms with Crippen molar-refractivity contribution in [3.05, 3.63) is 132 Å².